The lowest BCUT2D eigenvalue weighted by Crippen LogP contribution is -2.49. The van der Waals surface area contributed by atoms with Gasteiger partial charge in [-0.3, -0.25) is 15.3 Å². The summed E-state index contributed by atoms with van der Waals surface area (Å²) in [6.45, 7) is 6.95. The van der Waals surface area contributed by atoms with Crippen molar-refractivity contribution < 1.29 is 42.1 Å². The Balaban J connectivity index is 0.000000517. The summed E-state index contributed by atoms with van der Waals surface area (Å²) < 4.78 is 49.5. The summed E-state index contributed by atoms with van der Waals surface area (Å²) in [5.41, 5.74) is 2.19. The van der Waals surface area contributed by atoms with E-state index in [9.17, 15) is 18.0 Å². The number of carbonyl (C=O) groups excluding carboxylic acids is 1. The number of ether oxygens (including phenoxy) is 3. The van der Waals surface area contributed by atoms with Crippen molar-refractivity contribution in [1.82, 2.24) is 40.4 Å². The van der Waals surface area contributed by atoms with E-state index in [0.717, 1.165) is 24.2 Å². The average Bonchev–Trinajstić information content (AvgIpc) is 3.65. The number of aromatic nitrogens is 6. The molecule has 14 nitrogen and oxygen atoms in total. The molecule has 2 unspecified atom stereocenters. The first kappa shape index (κ1) is 30.2. The van der Waals surface area contributed by atoms with Crippen LogP contribution in [0.3, 0.4) is 0 Å². The number of hydrogen-bond acceptors (Lipinski definition) is 11. The average molecular weight is 593 g/mol. The smallest absolute Gasteiger partial charge is 0.475 e. The summed E-state index contributed by atoms with van der Waals surface area (Å²) in [7, 11) is 0. The molecule has 224 valence electrons. The van der Waals surface area contributed by atoms with Crippen LogP contribution in [-0.2, 0) is 9.53 Å². The normalized spacial score (nSPS) is 16.7. The molecule has 0 aliphatic carbocycles. The summed E-state index contributed by atoms with van der Waals surface area (Å²) in [4.78, 5) is 32.0. The second-order valence-electron chi connectivity index (χ2n) is 9.12. The van der Waals surface area contributed by atoms with E-state index < -0.39 is 18.2 Å². The highest BCUT2D eigenvalue weighted by atomic mass is 19.4. The number of halogens is 3. The lowest BCUT2D eigenvalue weighted by atomic mass is 10.0. The molecule has 3 aromatic rings. The van der Waals surface area contributed by atoms with Crippen molar-refractivity contribution in [3.05, 3.63) is 60.5 Å². The number of rotatable bonds is 7. The zero-order valence-corrected chi connectivity index (χ0v) is 22.3. The van der Waals surface area contributed by atoms with Gasteiger partial charge in [-0.1, -0.05) is 12.7 Å². The van der Waals surface area contributed by atoms with Gasteiger partial charge in [0, 0.05) is 31.4 Å². The highest BCUT2D eigenvalue weighted by molar-refractivity contribution is 5.73. The molecule has 2 aromatic heterocycles. The fraction of sp³-hybridized carbons (Fsp3) is 0.400. The van der Waals surface area contributed by atoms with Gasteiger partial charge < -0.3 is 24.2 Å². The third kappa shape index (κ3) is 7.48. The van der Waals surface area contributed by atoms with Crippen LogP contribution >= 0.6 is 0 Å². The van der Waals surface area contributed by atoms with Gasteiger partial charge in [-0.15, -0.1) is 5.10 Å². The van der Waals surface area contributed by atoms with Gasteiger partial charge >= 0.3 is 18.2 Å². The number of carbonyl (C=O) groups is 2. The molecule has 1 fully saturated rings. The first-order valence-electron chi connectivity index (χ1n) is 12.6. The largest absolute Gasteiger partial charge is 0.490 e. The minimum atomic E-state index is -5.08. The van der Waals surface area contributed by atoms with Crippen LogP contribution in [0.2, 0.25) is 0 Å². The van der Waals surface area contributed by atoms with Crippen LogP contribution in [0.5, 0.6) is 11.5 Å². The van der Waals surface area contributed by atoms with Gasteiger partial charge in [0.25, 0.3) is 0 Å². The number of fused-ring (bicyclic) bond motifs is 1. The summed E-state index contributed by atoms with van der Waals surface area (Å²) >= 11 is 0. The maximum Gasteiger partial charge on any atom is 0.490 e. The second-order valence-corrected chi connectivity index (χ2v) is 9.12. The van der Waals surface area contributed by atoms with E-state index in [1.165, 1.54) is 0 Å². The van der Waals surface area contributed by atoms with E-state index in [4.69, 9.17) is 24.1 Å². The van der Waals surface area contributed by atoms with Gasteiger partial charge in [-0.05, 0) is 42.3 Å². The molecule has 5 rings (SSSR count). The van der Waals surface area contributed by atoms with Crippen LogP contribution in [0.4, 0.5) is 18.0 Å². The van der Waals surface area contributed by atoms with Crippen molar-refractivity contribution in [2.45, 2.75) is 38.0 Å². The van der Waals surface area contributed by atoms with E-state index in [-0.39, 0.29) is 25.5 Å². The standard InChI is InChI=1S/C23H26N8O4.C2HF3O2/c1-3-9-33-23(32)30-8-4-5-16(13-30)26-21(18-12-24-15(2)11-25-18)22-27-28-29-31(22)17-6-7-19-20(10-17)35-14-34-19;3-2(4,5)1(6)7/h3,6-7,10-12,16,21,26H,1,4-5,8-9,13-14H2,2H3;(H,6,7). The summed E-state index contributed by atoms with van der Waals surface area (Å²) in [6.07, 6.45) is 1.24. The fourth-order valence-corrected chi connectivity index (χ4v) is 4.15. The highest BCUT2D eigenvalue weighted by Gasteiger charge is 2.38. The minimum absolute atomic E-state index is 0.0324. The van der Waals surface area contributed by atoms with Crippen molar-refractivity contribution in [3.63, 3.8) is 0 Å². The Kier molecular flexibility index (Phi) is 9.51. The van der Waals surface area contributed by atoms with Gasteiger partial charge in [-0.25, -0.2) is 9.59 Å². The number of nitrogens with zero attached hydrogens (tertiary/aromatic N) is 7. The Hall–Kier alpha value is -4.80. The quantitative estimate of drug-likeness (QED) is 0.386. The number of amides is 1. The number of nitrogens with one attached hydrogen (secondary N) is 1. The lowest BCUT2D eigenvalue weighted by Gasteiger charge is -2.34. The van der Waals surface area contributed by atoms with E-state index in [1.807, 2.05) is 25.1 Å². The molecule has 4 heterocycles. The van der Waals surface area contributed by atoms with Crippen molar-refractivity contribution in [2.24, 2.45) is 0 Å². The number of likely N-dealkylation sites (tertiary alicyclic amines) is 1. The van der Waals surface area contributed by atoms with Crippen LogP contribution < -0.4 is 14.8 Å². The van der Waals surface area contributed by atoms with Crippen LogP contribution in [0.25, 0.3) is 5.69 Å². The van der Waals surface area contributed by atoms with Crippen molar-refractivity contribution >= 4 is 12.1 Å². The second kappa shape index (κ2) is 13.2. The molecule has 2 aliphatic heterocycles. The van der Waals surface area contributed by atoms with Crippen molar-refractivity contribution in [2.75, 3.05) is 26.5 Å². The number of piperidine rings is 1. The number of alkyl halides is 3. The SMILES string of the molecule is C=CCOC(=O)N1CCCC(NC(c2cnc(C)cn2)c2nnnn2-c2ccc3c(c2)OCO3)C1.O=C(O)C(F)(F)F. The zero-order chi connectivity index (χ0) is 30.3. The van der Waals surface area contributed by atoms with Crippen molar-refractivity contribution in [1.29, 1.82) is 0 Å². The van der Waals surface area contributed by atoms with Crippen molar-refractivity contribution in [3.8, 4) is 17.2 Å². The number of carboxylic acids is 1. The number of benzene rings is 1. The summed E-state index contributed by atoms with van der Waals surface area (Å²) in [6, 6.07) is 5.01. The Morgan fingerprint density at radius 3 is 2.71 bits per heavy atom. The third-order valence-electron chi connectivity index (χ3n) is 6.10. The predicted octanol–water partition coefficient (Wildman–Crippen LogP) is 2.59. The Morgan fingerprint density at radius 2 is 2.02 bits per heavy atom. The summed E-state index contributed by atoms with van der Waals surface area (Å²) in [5, 5.41) is 23.2. The molecule has 0 radical (unpaired) electrons. The first-order valence-corrected chi connectivity index (χ1v) is 12.6. The molecular weight excluding hydrogens is 565 g/mol. The van der Waals surface area contributed by atoms with E-state index in [0.29, 0.717) is 36.1 Å². The predicted molar refractivity (Wildman–Crippen MR) is 137 cm³/mol. The molecule has 42 heavy (non-hydrogen) atoms. The van der Waals surface area contributed by atoms with Crippen LogP contribution in [0.1, 0.15) is 36.1 Å². The third-order valence-corrected chi connectivity index (χ3v) is 6.10. The number of aryl methyl sites for hydroxylation is 1. The zero-order valence-electron chi connectivity index (χ0n) is 22.3. The molecule has 1 aromatic carbocycles. The molecule has 0 spiro atoms. The summed E-state index contributed by atoms with van der Waals surface area (Å²) in [5.74, 6) is -0.918. The first-order chi connectivity index (χ1) is 20.1. The van der Waals surface area contributed by atoms with Crippen LogP contribution in [-0.4, -0.2) is 91.0 Å². The van der Waals surface area contributed by atoms with E-state index in [1.54, 1.807) is 28.1 Å². The molecule has 2 aliphatic rings. The van der Waals surface area contributed by atoms with E-state index >= 15 is 0 Å². The molecule has 2 atom stereocenters. The minimum Gasteiger partial charge on any atom is -0.475 e. The number of hydrogen-bond donors (Lipinski definition) is 2. The maximum absolute atomic E-state index is 12.4. The Morgan fingerprint density at radius 1 is 1.26 bits per heavy atom. The molecule has 2 N–H and O–H groups in total. The topological polar surface area (TPSA) is 167 Å². The number of tetrazole rings is 1. The molecule has 1 amide bonds. The van der Waals surface area contributed by atoms with Gasteiger partial charge in [0.2, 0.25) is 6.79 Å². The maximum atomic E-state index is 12.4. The molecule has 1 saturated heterocycles. The van der Waals surface area contributed by atoms with Crippen LogP contribution in [0.15, 0.2) is 43.2 Å². The van der Waals surface area contributed by atoms with Gasteiger partial charge in [0.1, 0.15) is 12.6 Å². The fourth-order valence-electron chi connectivity index (χ4n) is 4.15. The van der Waals surface area contributed by atoms with Crippen LogP contribution in [0, 0.1) is 6.92 Å². The number of carboxylic acid groups (broad SMARTS) is 1. The van der Waals surface area contributed by atoms with Gasteiger partial charge in [0.15, 0.2) is 17.3 Å². The lowest BCUT2D eigenvalue weighted by molar-refractivity contribution is -0.192. The number of aliphatic carboxylic acids is 1. The molecule has 0 saturated carbocycles. The highest BCUT2D eigenvalue weighted by Crippen LogP contribution is 2.34. The molecule has 17 heteroatoms. The van der Waals surface area contributed by atoms with Gasteiger partial charge in [-0.2, -0.15) is 17.9 Å². The molecule has 0 bridgehead atoms. The van der Waals surface area contributed by atoms with Gasteiger partial charge in [0.05, 0.1) is 23.3 Å². The Labute approximate surface area is 237 Å². The Bertz CT molecular complexity index is 1400. The van der Waals surface area contributed by atoms with E-state index in [2.05, 4.69) is 37.4 Å². The monoisotopic (exact) mass is 592 g/mol. The molecular formula is C25H27F3N8O6.